The van der Waals surface area contributed by atoms with Crippen LogP contribution in [-0.4, -0.2) is 23.9 Å². The van der Waals surface area contributed by atoms with E-state index in [-0.39, 0.29) is 40.4 Å². The van der Waals surface area contributed by atoms with Crippen LogP contribution in [0.25, 0.3) is 0 Å². The van der Waals surface area contributed by atoms with Crippen LogP contribution in [-0.2, 0) is 31.5 Å². The minimum atomic E-state index is 0. The Morgan fingerprint density at radius 2 is 1.25 bits per heavy atom. The molecule has 0 aromatic heterocycles. The first-order valence-electron chi connectivity index (χ1n) is 0.183. The normalized spacial score (nSPS) is 1.75. The molecule has 0 N–H and O–H groups in total. The average Bonchev–Trinajstić information content (AvgIpc) is 1.00. The molecule has 0 aromatic carbocycles. The van der Waals surface area contributed by atoms with Crippen molar-refractivity contribution >= 4 is 31.9 Å². The molecule has 4 heteroatoms. The second kappa shape index (κ2) is 18.9. The average molecular weight is 271 g/mol. The third-order valence-electron chi connectivity index (χ3n) is 0. The molecule has 0 saturated heterocycles. The topological polar surface area (TPSA) is 0 Å². The van der Waals surface area contributed by atoms with Gasteiger partial charge in [-0.3, -0.25) is 0 Å². The third-order valence-corrected chi connectivity index (χ3v) is 0. The van der Waals surface area contributed by atoms with Crippen molar-refractivity contribution in [3.63, 3.8) is 0 Å². The van der Waals surface area contributed by atoms with E-state index in [1.807, 2.05) is 8.01 Å². The van der Waals surface area contributed by atoms with E-state index >= 15 is 0 Å². The maximum absolute atomic E-state index is 3.79. The van der Waals surface area contributed by atoms with Crippen LogP contribution in [0.15, 0.2) is 0 Å². The summed E-state index contributed by atoms with van der Waals surface area (Å²) in [7, 11) is 2.04. The summed E-state index contributed by atoms with van der Waals surface area (Å²) in [4.78, 5) is 0. The van der Waals surface area contributed by atoms with Crippen LogP contribution in [0.5, 0.6) is 0 Å². The molecule has 4 heavy (non-hydrogen) atoms. The third kappa shape index (κ3) is 8.88. The number of hydrogen-bond donors (Lipinski definition) is 0. The first-order valence-corrected chi connectivity index (χ1v) is 2.26. The van der Waals surface area contributed by atoms with Gasteiger partial charge in [0, 0.05) is 16.5 Å². The molecule has 0 aliphatic heterocycles. The van der Waals surface area contributed by atoms with Gasteiger partial charge in [-0.1, -0.05) is 0 Å². The van der Waals surface area contributed by atoms with Gasteiger partial charge in [-0.05, 0) is 0 Å². The Balaban J connectivity index is -0.00000000500. The molecular weight excluding hydrogens is 267 g/mol. The van der Waals surface area contributed by atoms with E-state index in [0.29, 0.717) is 0 Å². The molecule has 0 spiro atoms. The zero-order chi connectivity index (χ0) is 2.00. The Kier molecular flexibility index (Phi) is 77.2. The summed E-state index contributed by atoms with van der Waals surface area (Å²) in [5, 5.41) is 0. The molecule has 0 rings (SSSR count). The van der Waals surface area contributed by atoms with Crippen LogP contribution in [0.1, 0.15) is 0 Å². The molecule has 0 aliphatic carbocycles. The van der Waals surface area contributed by atoms with E-state index < -0.39 is 0 Å². The summed E-state index contributed by atoms with van der Waals surface area (Å²) >= 11 is 3.79. The fourth-order valence-corrected chi connectivity index (χ4v) is 0. The van der Waals surface area contributed by atoms with Crippen LogP contribution in [0.4, 0.5) is 0 Å². The Hall–Kier alpha value is 2.22. The van der Waals surface area contributed by atoms with Gasteiger partial charge in [0.05, 0.1) is 0 Å². The molecule has 33 valence electrons. The van der Waals surface area contributed by atoms with Gasteiger partial charge in [0.25, 0.3) is 0 Å². The first-order chi connectivity index (χ1) is 1.00. The summed E-state index contributed by atoms with van der Waals surface area (Å²) in [6, 6.07) is 0. The van der Waals surface area contributed by atoms with Crippen LogP contribution in [0.2, 0.25) is 0 Å². The van der Waals surface area contributed by atoms with Crippen LogP contribution < -0.4 is 0 Å². The van der Waals surface area contributed by atoms with Crippen molar-refractivity contribution in [2.24, 2.45) is 0 Å². The molecule has 1 atom stereocenters. The summed E-state index contributed by atoms with van der Waals surface area (Å²) < 4.78 is 0. The van der Waals surface area contributed by atoms with E-state index in [4.69, 9.17) is 0 Å². The Labute approximate surface area is 62.9 Å². The number of hydrogen-bond acceptors (Lipinski definition) is 0. The van der Waals surface area contributed by atoms with Gasteiger partial charge in [0.15, 0.2) is 0 Å². The molecule has 0 saturated carbocycles. The van der Waals surface area contributed by atoms with Crippen LogP contribution in [0.3, 0.4) is 0 Å². The molecule has 0 amide bonds. The van der Waals surface area contributed by atoms with Gasteiger partial charge in [0.2, 0.25) is 0 Å². The fraction of sp³-hybridized carbons (Fsp3) is 0. The van der Waals surface area contributed by atoms with E-state index in [0.717, 1.165) is 0 Å². The SMILES string of the molecule is [Ni].[PH2][Ni].[SnH2]. The van der Waals surface area contributed by atoms with Gasteiger partial charge in [-0.2, -0.15) is 0 Å². The van der Waals surface area contributed by atoms with E-state index in [9.17, 15) is 0 Å². The Morgan fingerprint density at radius 1 is 1.25 bits per heavy atom. The van der Waals surface area contributed by atoms with Crippen molar-refractivity contribution in [1.29, 1.82) is 0 Å². The molecule has 0 aromatic rings. The Bertz CT molecular complexity index is 6.00. The quantitative estimate of drug-likeness (QED) is 0.408. The standard InChI is InChI=1S/2Ni.H2P.Sn.2H/h;;1H2;;;/q;+1;-1;;;. The zero-order valence-corrected chi connectivity index (χ0v) is 9.08. The Morgan fingerprint density at radius 3 is 1.25 bits per heavy atom. The van der Waals surface area contributed by atoms with Crippen molar-refractivity contribution in [2.75, 3.05) is 0 Å². The van der Waals surface area contributed by atoms with Crippen LogP contribution >= 0.6 is 8.01 Å². The number of rotatable bonds is 0. The van der Waals surface area contributed by atoms with Crippen molar-refractivity contribution in [3.05, 3.63) is 0 Å². The van der Waals surface area contributed by atoms with Gasteiger partial charge in [-0.25, -0.2) is 0 Å². The molecular formula is H4Ni2PSn. The minimum absolute atomic E-state index is 0. The summed E-state index contributed by atoms with van der Waals surface area (Å²) in [6.45, 7) is 0. The summed E-state index contributed by atoms with van der Waals surface area (Å²) in [5.41, 5.74) is 0. The predicted molar refractivity (Wildman–Crippen MR) is 18.3 cm³/mol. The van der Waals surface area contributed by atoms with Gasteiger partial charge < -0.3 is 0 Å². The van der Waals surface area contributed by atoms with Crippen molar-refractivity contribution < 1.29 is 31.5 Å². The van der Waals surface area contributed by atoms with E-state index in [1.165, 1.54) is 0 Å². The fourth-order valence-electron chi connectivity index (χ4n) is 0. The molecule has 0 aliphatic rings. The summed E-state index contributed by atoms with van der Waals surface area (Å²) in [6.07, 6.45) is 0. The molecule has 0 fully saturated rings. The second-order valence-corrected chi connectivity index (χ2v) is 0. The van der Waals surface area contributed by atoms with Crippen molar-refractivity contribution in [1.82, 2.24) is 0 Å². The first kappa shape index (κ1) is 16.4. The molecule has 0 nitrogen and oxygen atoms in total. The molecule has 0 bridgehead atoms. The molecule has 1 unspecified atom stereocenters. The van der Waals surface area contributed by atoms with Crippen molar-refractivity contribution in [3.8, 4) is 0 Å². The maximum atomic E-state index is 3.79. The van der Waals surface area contributed by atoms with E-state index in [1.54, 1.807) is 0 Å². The monoisotopic (exact) mass is 271 g/mol. The van der Waals surface area contributed by atoms with Gasteiger partial charge in [0.1, 0.15) is 0 Å². The zero-order valence-electron chi connectivity index (χ0n) is 1.92. The summed E-state index contributed by atoms with van der Waals surface area (Å²) in [5.74, 6) is 0. The van der Waals surface area contributed by atoms with Crippen molar-refractivity contribution in [2.45, 2.75) is 0 Å². The van der Waals surface area contributed by atoms with Gasteiger partial charge >= 0.3 is 47.0 Å². The second-order valence-electron chi connectivity index (χ2n) is 0. The predicted octanol–water partition coefficient (Wildman–Crippen LogP) is -0.595. The van der Waals surface area contributed by atoms with E-state index in [2.05, 4.69) is 15.0 Å². The molecule has 0 heterocycles. The van der Waals surface area contributed by atoms with Crippen LogP contribution in [0, 0.1) is 0 Å². The van der Waals surface area contributed by atoms with Gasteiger partial charge in [-0.15, -0.1) is 0 Å². The molecule has 2 radical (unpaired) electrons.